The zero-order valence-corrected chi connectivity index (χ0v) is 8.36. The van der Waals surface area contributed by atoms with Crippen LogP contribution < -0.4 is 11.5 Å². The molecule has 0 amide bonds. The molecule has 14 heavy (non-hydrogen) atoms. The van der Waals surface area contributed by atoms with Gasteiger partial charge in [-0.1, -0.05) is 36.4 Å². The number of nitrogens with two attached hydrogens (primary N) is 2. The predicted octanol–water partition coefficient (Wildman–Crippen LogP) is 1.23. The molecule has 76 valence electrons. The van der Waals surface area contributed by atoms with Crippen LogP contribution >= 0.6 is 0 Å². The van der Waals surface area contributed by atoms with Crippen LogP contribution in [0.2, 0.25) is 0 Å². The van der Waals surface area contributed by atoms with Crippen molar-refractivity contribution in [2.75, 3.05) is 6.54 Å². The fourth-order valence-corrected chi connectivity index (χ4v) is 0.857. The molecule has 0 radical (unpaired) electrons. The monoisotopic (exact) mass is 192 g/mol. The third kappa shape index (κ3) is 4.42. The molecular weight excluding hydrogens is 176 g/mol. The van der Waals surface area contributed by atoms with Gasteiger partial charge in [-0.25, -0.2) is 0 Å². The Bertz CT molecular complexity index is 291. The summed E-state index contributed by atoms with van der Waals surface area (Å²) >= 11 is 0. The molecule has 0 unspecified atom stereocenters. The van der Waals surface area contributed by atoms with Gasteiger partial charge >= 0.3 is 0 Å². The number of Topliss-reactive ketones (excluding diaryl/α,β-unsaturated/α-hetero) is 1. The number of hydrogen-bond acceptors (Lipinski definition) is 3. The average molecular weight is 192 g/mol. The van der Waals surface area contributed by atoms with Gasteiger partial charge in [0.2, 0.25) is 0 Å². The van der Waals surface area contributed by atoms with E-state index in [9.17, 15) is 4.79 Å². The Kier molecular flexibility index (Phi) is 6.07. The van der Waals surface area contributed by atoms with Crippen LogP contribution in [0.3, 0.4) is 0 Å². The van der Waals surface area contributed by atoms with Gasteiger partial charge in [-0.15, -0.1) is 0 Å². The minimum Gasteiger partial charge on any atom is -0.405 e. The molecule has 1 aromatic rings. The Hall–Kier alpha value is -1.61. The van der Waals surface area contributed by atoms with Crippen molar-refractivity contribution in [3.8, 4) is 0 Å². The highest BCUT2D eigenvalue weighted by atomic mass is 16.1. The summed E-state index contributed by atoms with van der Waals surface area (Å²) in [5, 5.41) is 0. The molecule has 0 heterocycles. The largest absolute Gasteiger partial charge is 0.405 e. The van der Waals surface area contributed by atoms with E-state index in [0.717, 1.165) is 5.56 Å². The lowest BCUT2D eigenvalue weighted by molar-refractivity contribution is 0.100. The van der Waals surface area contributed by atoms with Gasteiger partial charge in [0.1, 0.15) is 0 Å². The lowest BCUT2D eigenvalue weighted by atomic mass is 10.1. The first-order chi connectivity index (χ1) is 6.65. The zero-order valence-electron chi connectivity index (χ0n) is 8.36. The minimum absolute atomic E-state index is 0.00926. The maximum atomic E-state index is 11.0. The Morgan fingerprint density at radius 2 is 1.86 bits per heavy atom. The molecule has 0 saturated heterocycles. The van der Waals surface area contributed by atoms with Crippen molar-refractivity contribution >= 4 is 5.78 Å². The molecule has 0 saturated carbocycles. The molecule has 1 aromatic carbocycles. The smallest absolute Gasteiger partial charge is 0.176 e. The summed E-state index contributed by atoms with van der Waals surface area (Å²) in [5.41, 5.74) is 11.6. The van der Waals surface area contributed by atoms with E-state index in [4.69, 9.17) is 5.73 Å². The van der Waals surface area contributed by atoms with Crippen LogP contribution in [0, 0.1) is 6.92 Å². The molecule has 0 aromatic heterocycles. The first-order valence-corrected chi connectivity index (χ1v) is 4.28. The summed E-state index contributed by atoms with van der Waals surface area (Å²) in [4.78, 5) is 11.0. The Morgan fingerprint density at radius 1 is 1.43 bits per heavy atom. The summed E-state index contributed by atoms with van der Waals surface area (Å²) in [6.45, 7) is 5.21. The van der Waals surface area contributed by atoms with Gasteiger partial charge in [0.05, 0.1) is 6.54 Å². The predicted molar refractivity (Wildman–Crippen MR) is 58.9 cm³/mol. The molecule has 3 heteroatoms. The van der Waals surface area contributed by atoms with E-state index in [1.54, 1.807) is 12.1 Å². The third-order valence-corrected chi connectivity index (χ3v) is 1.56. The van der Waals surface area contributed by atoms with Crippen LogP contribution in [0.5, 0.6) is 0 Å². The van der Waals surface area contributed by atoms with Crippen molar-refractivity contribution < 1.29 is 4.79 Å². The molecule has 0 fully saturated rings. The van der Waals surface area contributed by atoms with Gasteiger partial charge in [0.15, 0.2) is 5.78 Å². The molecule has 0 atom stereocenters. The van der Waals surface area contributed by atoms with Crippen molar-refractivity contribution in [1.82, 2.24) is 0 Å². The zero-order chi connectivity index (χ0) is 11.0. The van der Waals surface area contributed by atoms with Crippen molar-refractivity contribution in [3.63, 3.8) is 0 Å². The Balaban J connectivity index is 0.000000500. The first-order valence-electron chi connectivity index (χ1n) is 4.28. The highest BCUT2D eigenvalue weighted by Crippen LogP contribution is 2.02. The van der Waals surface area contributed by atoms with E-state index in [-0.39, 0.29) is 12.3 Å². The normalized spacial score (nSPS) is 8.43. The molecule has 0 aliphatic carbocycles. The summed E-state index contributed by atoms with van der Waals surface area (Å²) in [6, 6.07) is 7.40. The SMILES string of the molecule is C=CN.Cc1ccc(C(=O)CN)cc1. The van der Waals surface area contributed by atoms with Crippen LogP contribution in [-0.2, 0) is 0 Å². The van der Waals surface area contributed by atoms with E-state index in [0.29, 0.717) is 5.56 Å². The summed E-state index contributed by atoms with van der Waals surface area (Å²) in [6.07, 6.45) is 1.25. The van der Waals surface area contributed by atoms with Crippen LogP contribution in [-0.4, -0.2) is 12.3 Å². The molecule has 0 aliphatic rings. The van der Waals surface area contributed by atoms with Crippen LogP contribution in [0.25, 0.3) is 0 Å². The summed E-state index contributed by atoms with van der Waals surface area (Å²) in [7, 11) is 0. The van der Waals surface area contributed by atoms with Crippen molar-refractivity contribution in [3.05, 3.63) is 48.2 Å². The van der Waals surface area contributed by atoms with E-state index in [1.165, 1.54) is 6.20 Å². The van der Waals surface area contributed by atoms with Gasteiger partial charge in [-0.2, -0.15) is 0 Å². The number of carbonyl (C=O) groups excluding carboxylic acids is 1. The Labute approximate surface area is 84.4 Å². The lowest BCUT2D eigenvalue weighted by Gasteiger charge is -1.96. The maximum Gasteiger partial charge on any atom is 0.176 e. The van der Waals surface area contributed by atoms with E-state index in [2.05, 4.69) is 12.3 Å². The molecule has 0 spiro atoms. The van der Waals surface area contributed by atoms with E-state index >= 15 is 0 Å². The topological polar surface area (TPSA) is 69.1 Å². The number of rotatable bonds is 2. The van der Waals surface area contributed by atoms with Crippen molar-refractivity contribution in [1.29, 1.82) is 0 Å². The second-order valence-electron chi connectivity index (χ2n) is 2.73. The van der Waals surface area contributed by atoms with Crippen LogP contribution in [0.15, 0.2) is 37.0 Å². The first kappa shape index (κ1) is 12.4. The summed E-state index contributed by atoms with van der Waals surface area (Å²) in [5.74, 6) is -0.00926. The second-order valence-corrected chi connectivity index (χ2v) is 2.73. The number of aryl methyl sites for hydroxylation is 1. The van der Waals surface area contributed by atoms with Gasteiger partial charge < -0.3 is 11.5 Å². The average Bonchev–Trinajstić information content (AvgIpc) is 2.19. The fraction of sp³-hybridized carbons (Fsp3) is 0.182. The Morgan fingerprint density at radius 3 is 2.21 bits per heavy atom. The van der Waals surface area contributed by atoms with Gasteiger partial charge in [0, 0.05) is 5.56 Å². The van der Waals surface area contributed by atoms with Crippen LogP contribution in [0.4, 0.5) is 0 Å². The van der Waals surface area contributed by atoms with Crippen molar-refractivity contribution in [2.24, 2.45) is 11.5 Å². The van der Waals surface area contributed by atoms with E-state index < -0.39 is 0 Å². The highest BCUT2D eigenvalue weighted by molar-refractivity contribution is 5.97. The maximum absolute atomic E-state index is 11.0. The van der Waals surface area contributed by atoms with Crippen LogP contribution in [0.1, 0.15) is 15.9 Å². The number of benzene rings is 1. The van der Waals surface area contributed by atoms with Crippen molar-refractivity contribution in [2.45, 2.75) is 6.92 Å². The lowest BCUT2D eigenvalue weighted by Crippen LogP contribution is -2.13. The van der Waals surface area contributed by atoms with Gasteiger partial charge in [0.25, 0.3) is 0 Å². The molecule has 0 aliphatic heterocycles. The quantitative estimate of drug-likeness (QED) is 0.692. The van der Waals surface area contributed by atoms with E-state index in [1.807, 2.05) is 19.1 Å². The minimum atomic E-state index is -0.00926. The number of ketones is 1. The summed E-state index contributed by atoms with van der Waals surface area (Å²) < 4.78 is 0. The fourth-order valence-electron chi connectivity index (χ4n) is 0.857. The van der Waals surface area contributed by atoms with Gasteiger partial charge in [-0.3, -0.25) is 4.79 Å². The molecule has 4 N–H and O–H groups in total. The molecule has 0 bridgehead atoms. The van der Waals surface area contributed by atoms with Gasteiger partial charge in [-0.05, 0) is 13.1 Å². The second kappa shape index (κ2) is 6.86. The molecular formula is C11H16N2O. The third-order valence-electron chi connectivity index (χ3n) is 1.56. The number of hydrogen-bond donors (Lipinski definition) is 2. The molecule has 1 rings (SSSR count). The molecule has 3 nitrogen and oxygen atoms in total. The number of carbonyl (C=O) groups is 1. The standard InChI is InChI=1S/C9H11NO.C2H5N/c1-7-2-4-8(5-3-7)9(11)6-10;1-2-3/h2-5H,6,10H2,1H3;2H,1,3H2. The highest BCUT2D eigenvalue weighted by Gasteiger charge is 2.00.